The summed E-state index contributed by atoms with van der Waals surface area (Å²) in [4.78, 5) is 53.1. The standard InChI is InChI=1S/C17H11Cl3N2O4S/c18-17(19,20)27-22-14(25)11-7-3-4-8-16(11,15(22)26)21-12(23)9-5-1-2-6-10(9)13(21)24/h1-6,11H,7-8H2. The summed E-state index contributed by atoms with van der Waals surface area (Å²) in [7, 11) is 0. The lowest BCUT2D eigenvalue weighted by atomic mass is 9.76. The van der Waals surface area contributed by atoms with Crippen molar-refractivity contribution in [2.45, 2.75) is 21.5 Å². The molecule has 0 spiro atoms. The minimum atomic E-state index is -1.95. The number of benzene rings is 1. The van der Waals surface area contributed by atoms with E-state index in [4.69, 9.17) is 34.8 Å². The van der Waals surface area contributed by atoms with Crippen molar-refractivity contribution in [2.75, 3.05) is 0 Å². The number of alkyl halides is 3. The van der Waals surface area contributed by atoms with E-state index in [1.54, 1.807) is 24.3 Å². The number of hydrogen-bond donors (Lipinski definition) is 0. The predicted octanol–water partition coefficient (Wildman–Crippen LogP) is 3.33. The SMILES string of the molecule is O=C1C2CC=CCC2(N2C(=O)c3ccccc3C2=O)C(=O)N1SC(Cl)(Cl)Cl. The van der Waals surface area contributed by atoms with Gasteiger partial charge in [0.05, 0.1) is 17.0 Å². The van der Waals surface area contributed by atoms with Gasteiger partial charge in [-0.15, -0.1) is 0 Å². The largest absolute Gasteiger partial charge is 0.273 e. The number of nitrogens with zero attached hydrogens (tertiary/aromatic N) is 2. The molecule has 2 unspecified atom stereocenters. The van der Waals surface area contributed by atoms with Gasteiger partial charge >= 0.3 is 0 Å². The van der Waals surface area contributed by atoms with E-state index in [2.05, 4.69) is 0 Å². The molecule has 2 heterocycles. The van der Waals surface area contributed by atoms with E-state index in [9.17, 15) is 19.2 Å². The molecule has 0 saturated carbocycles. The Morgan fingerprint density at radius 3 is 2.15 bits per heavy atom. The molecule has 0 N–H and O–H groups in total. The lowest BCUT2D eigenvalue weighted by Gasteiger charge is -2.39. The van der Waals surface area contributed by atoms with Crippen LogP contribution in [0.3, 0.4) is 0 Å². The molecule has 0 aromatic heterocycles. The van der Waals surface area contributed by atoms with Crippen LogP contribution in [0.5, 0.6) is 0 Å². The summed E-state index contributed by atoms with van der Waals surface area (Å²) in [6, 6.07) is 6.32. The molecule has 6 nitrogen and oxygen atoms in total. The van der Waals surface area contributed by atoms with Crippen molar-refractivity contribution < 1.29 is 19.2 Å². The van der Waals surface area contributed by atoms with Crippen molar-refractivity contribution in [1.29, 1.82) is 0 Å². The van der Waals surface area contributed by atoms with E-state index >= 15 is 0 Å². The Morgan fingerprint density at radius 2 is 1.59 bits per heavy atom. The third kappa shape index (κ3) is 2.63. The van der Waals surface area contributed by atoms with Gasteiger partial charge in [-0.2, -0.15) is 0 Å². The van der Waals surface area contributed by atoms with Gasteiger partial charge < -0.3 is 0 Å². The quantitative estimate of drug-likeness (QED) is 0.302. The molecular formula is C17H11Cl3N2O4S. The van der Waals surface area contributed by atoms with Crippen LogP contribution in [0, 0.1) is 5.92 Å². The molecule has 3 aliphatic rings. The van der Waals surface area contributed by atoms with Crippen molar-refractivity contribution in [2.24, 2.45) is 5.92 Å². The van der Waals surface area contributed by atoms with Crippen LogP contribution in [0.15, 0.2) is 36.4 Å². The summed E-state index contributed by atoms with van der Waals surface area (Å²) < 4.78 is -1.18. The number of imide groups is 2. The first-order valence-electron chi connectivity index (χ1n) is 7.95. The van der Waals surface area contributed by atoms with E-state index < -0.39 is 38.2 Å². The summed E-state index contributed by atoms with van der Waals surface area (Å²) in [6.45, 7) is 0. The number of halogens is 3. The Balaban J connectivity index is 1.84. The van der Waals surface area contributed by atoms with Crippen molar-refractivity contribution >= 4 is 70.4 Å². The summed E-state index contributed by atoms with van der Waals surface area (Å²) in [5, 5.41) is 0. The van der Waals surface area contributed by atoms with Gasteiger partial charge in [0.25, 0.3) is 20.8 Å². The second kappa shape index (κ2) is 6.24. The number of rotatable bonds is 2. The monoisotopic (exact) mass is 444 g/mol. The Labute approximate surface area is 173 Å². The fourth-order valence-corrected chi connectivity index (χ4v) is 5.16. The molecule has 27 heavy (non-hydrogen) atoms. The summed E-state index contributed by atoms with van der Waals surface area (Å²) in [5.41, 5.74) is -1.24. The first-order valence-corrected chi connectivity index (χ1v) is 9.86. The highest BCUT2D eigenvalue weighted by Crippen LogP contribution is 2.51. The van der Waals surface area contributed by atoms with Crippen molar-refractivity contribution in [3.05, 3.63) is 47.5 Å². The van der Waals surface area contributed by atoms with E-state index in [1.807, 2.05) is 0 Å². The maximum atomic E-state index is 13.3. The molecule has 1 aliphatic carbocycles. The second-order valence-electron chi connectivity index (χ2n) is 6.35. The number of carbonyl (C=O) groups is 4. The number of fused-ring (bicyclic) bond motifs is 2. The number of allylic oxidation sites excluding steroid dienone is 1. The average molecular weight is 446 g/mol. The van der Waals surface area contributed by atoms with Crippen LogP contribution in [-0.2, 0) is 9.59 Å². The topological polar surface area (TPSA) is 74.8 Å². The Bertz CT molecular complexity index is 894. The van der Waals surface area contributed by atoms with Crippen LogP contribution in [0.1, 0.15) is 33.6 Å². The zero-order chi connectivity index (χ0) is 19.6. The molecule has 1 aromatic carbocycles. The van der Waals surface area contributed by atoms with Crippen molar-refractivity contribution in [3.63, 3.8) is 0 Å². The van der Waals surface area contributed by atoms with E-state index in [0.29, 0.717) is 11.9 Å². The second-order valence-corrected chi connectivity index (χ2v) is 10.5. The van der Waals surface area contributed by atoms with E-state index in [1.165, 1.54) is 12.1 Å². The van der Waals surface area contributed by atoms with Gasteiger partial charge in [0.15, 0.2) is 0 Å². The molecule has 10 heteroatoms. The maximum Gasteiger partial charge on any atom is 0.267 e. The van der Waals surface area contributed by atoms with Crippen LogP contribution in [0.4, 0.5) is 0 Å². The van der Waals surface area contributed by atoms with Gasteiger partial charge in [0.1, 0.15) is 5.54 Å². The van der Waals surface area contributed by atoms with E-state index in [0.717, 1.165) is 9.21 Å². The molecule has 2 atom stereocenters. The number of carbonyl (C=O) groups excluding carboxylic acids is 4. The number of hydrogen-bond acceptors (Lipinski definition) is 5. The van der Waals surface area contributed by atoms with Gasteiger partial charge in [-0.25, -0.2) is 4.31 Å². The fourth-order valence-electron chi connectivity index (χ4n) is 3.88. The molecule has 4 amide bonds. The van der Waals surface area contributed by atoms with Crippen LogP contribution >= 0.6 is 46.8 Å². The smallest absolute Gasteiger partial charge is 0.267 e. The minimum Gasteiger partial charge on any atom is -0.273 e. The van der Waals surface area contributed by atoms with Gasteiger partial charge in [-0.05, 0) is 25.0 Å². The van der Waals surface area contributed by atoms with Crippen LogP contribution < -0.4 is 0 Å². The third-order valence-corrected chi connectivity index (χ3v) is 6.34. The Kier molecular flexibility index (Phi) is 4.34. The van der Waals surface area contributed by atoms with Gasteiger partial charge in [0.2, 0.25) is 5.91 Å². The molecule has 4 rings (SSSR count). The van der Waals surface area contributed by atoms with Crippen LogP contribution in [0.25, 0.3) is 0 Å². The molecular weight excluding hydrogens is 435 g/mol. The fraction of sp³-hybridized carbons (Fsp3) is 0.294. The third-order valence-electron chi connectivity index (χ3n) is 4.98. The summed E-state index contributed by atoms with van der Waals surface area (Å²) >= 11 is 17.7. The molecule has 1 fully saturated rings. The zero-order valence-corrected chi connectivity index (χ0v) is 16.6. The minimum absolute atomic E-state index is 0.0324. The molecule has 1 saturated heterocycles. The lowest BCUT2D eigenvalue weighted by molar-refractivity contribution is -0.135. The molecule has 0 radical (unpaired) electrons. The Hall–Kier alpha value is -1.54. The summed E-state index contributed by atoms with van der Waals surface area (Å²) in [5.74, 6) is -3.43. The highest BCUT2D eigenvalue weighted by Gasteiger charge is 2.67. The molecule has 2 aliphatic heterocycles. The highest BCUT2D eigenvalue weighted by atomic mass is 35.6. The molecule has 1 aromatic rings. The van der Waals surface area contributed by atoms with Gasteiger partial charge in [-0.3, -0.25) is 24.1 Å². The first-order chi connectivity index (χ1) is 12.7. The Morgan fingerprint density at radius 1 is 1.00 bits per heavy atom. The highest BCUT2D eigenvalue weighted by molar-refractivity contribution is 8.03. The number of amides is 4. The lowest BCUT2D eigenvalue weighted by Crippen LogP contribution is -2.60. The van der Waals surface area contributed by atoms with Crippen LogP contribution in [0.2, 0.25) is 0 Å². The van der Waals surface area contributed by atoms with Crippen molar-refractivity contribution in [3.8, 4) is 0 Å². The van der Waals surface area contributed by atoms with Crippen molar-refractivity contribution in [1.82, 2.24) is 9.21 Å². The first kappa shape index (κ1) is 18.8. The van der Waals surface area contributed by atoms with Gasteiger partial charge in [-0.1, -0.05) is 59.1 Å². The van der Waals surface area contributed by atoms with Crippen LogP contribution in [-0.4, -0.2) is 41.5 Å². The van der Waals surface area contributed by atoms with E-state index in [-0.39, 0.29) is 24.0 Å². The predicted molar refractivity (Wildman–Crippen MR) is 101 cm³/mol. The summed E-state index contributed by atoms with van der Waals surface area (Å²) in [6.07, 6.45) is 3.67. The van der Waals surface area contributed by atoms with Gasteiger partial charge in [0, 0.05) is 11.9 Å². The average Bonchev–Trinajstić information content (AvgIpc) is 2.99. The normalized spacial score (nSPS) is 27.4. The molecule has 0 bridgehead atoms. The molecule has 140 valence electrons. The zero-order valence-electron chi connectivity index (χ0n) is 13.5. The maximum absolute atomic E-state index is 13.3.